The number of amides is 2. The molecule has 2 amide bonds. The Balaban J connectivity index is 1.53. The summed E-state index contributed by atoms with van der Waals surface area (Å²) in [6.07, 6.45) is 0.816. The van der Waals surface area contributed by atoms with Gasteiger partial charge in [0.1, 0.15) is 18.2 Å². The van der Waals surface area contributed by atoms with Gasteiger partial charge in [-0.05, 0) is 49.7 Å². The van der Waals surface area contributed by atoms with Gasteiger partial charge in [0, 0.05) is 17.8 Å². The molecule has 8 heteroatoms. The SMILES string of the molecule is CCC(C)NC(=O)c1cc(COc2ccc(NC(=O)c3ccccc3F)cc2)on1. The molecule has 0 spiro atoms. The van der Waals surface area contributed by atoms with Gasteiger partial charge in [-0.3, -0.25) is 9.59 Å². The van der Waals surface area contributed by atoms with E-state index in [2.05, 4.69) is 15.8 Å². The van der Waals surface area contributed by atoms with E-state index in [1.807, 2.05) is 13.8 Å². The van der Waals surface area contributed by atoms with Gasteiger partial charge in [-0.2, -0.15) is 0 Å². The van der Waals surface area contributed by atoms with Crippen LogP contribution in [-0.4, -0.2) is 23.0 Å². The molecule has 0 fully saturated rings. The summed E-state index contributed by atoms with van der Waals surface area (Å²) < 4.78 is 24.4. The lowest BCUT2D eigenvalue weighted by molar-refractivity contribution is 0.0929. The zero-order valence-corrected chi connectivity index (χ0v) is 16.6. The maximum atomic E-state index is 13.7. The largest absolute Gasteiger partial charge is 0.486 e. The molecule has 3 rings (SSSR count). The molecule has 0 aliphatic carbocycles. The Labute approximate surface area is 173 Å². The number of nitrogens with one attached hydrogen (secondary N) is 2. The molecule has 0 saturated carbocycles. The van der Waals surface area contributed by atoms with Gasteiger partial charge in [0.25, 0.3) is 11.8 Å². The Morgan fingerprint density at radius 2 is 1.87 bits per heavy atom. The summed E-state index contributed by atoms with van der Waals surface area (Å²) in [5.74, 6) is -0.484. The maximum Gasteiger partial charge on any atom is 0.273 e. The van der Waals surface area contributed by atoms with E-state index in [9.17, 15) is 14.0 Å². The van der Waals surface area contributed by atoms with Crippen LogP contribution in [0.1, 0.15) is 46.9 Å². The van der Waals surface area contributed by atoms with Crippen molar-refractivity contribution in [1.29, 1.82) is 0 Å². The molecule has 1 aromatic heterocycles. The molecule has 1 heterocycles. The number of hydrogen-bond donors (Lipinski definition) is 2. The minimum Gasteiger partial charge on any atom is -0.486 e. The monoisotopic (exact) mass is 411 g/mol. The molecular weight excluding hydrogens is 389 g/mol. The molecule has 30 heavy (non-hydrogen) atoms. The number of carbonyl (C=O) groups excluding carboxylic acids is 2. The van der Waals surface area contributed by atoms with E-state index in [-0.39, 0.29) is 29.8 Å². The Morgan fingerprint density at radius 1 is 1.13 bits per heavy atom. The standard InChI is InChI=1S/C22H22FN3O4/c1-3-14(2)24-22(28)20-12-17(30-26-20)13-29-16-10-8-15(9-11-16)25-21(27)18-6-4-5-7-19(18)23/h4-12,14H,3,13H2,1-2H3,(H,24,28)(H,25,27). The molecule has 1 unspecified atom stereocenters. The number of halogens is 1. The number of rotatable bonds is 8. The number of carbonyl (C=O) groups is 2. The van der Waals surface area contributed by atoms with Crippen molar-refractivity contribution in [3.63, 3.8) is 0 Å². The summed E-state index contributed by atoms with van der Waals surface area (Å²) in [7, 11) is 0. The Kier molecular flexibility index (Phi) is 6.79. The van der Waals surface area contributed by atoms with E-state index in [0.29, 0.717) is 17.2 Å². The second-order valence-electron chi connectivity index (χ2n) is 6.71. The molecule has 0 radical (unpaired) electrons. The highest BCUT2D eigenvalue weighted by Crippen LogP contribution is 2.18. The van der Waals surface area contributed by atoms with Gasteiger partial charge in [-0.25, -0.2) is 4.39 Å². The van der Waals surface area contributed by atoms with Crippen molar-refractivity contribution in [1.82, 2.24) is 10.5 Å². The minimum atomic E-state index is -0.584. The molecule has 2 aromatic carbocycles. The van der Waals surface area contributed by atoms with Crippen LogP contribution in [0.3, 0.4) is 0 Å². The van der Waals surface area contributed by atoms with Crippen molar-refractivity contribution in [2.24, 2.45) is 0 Å². The highest BCUT2D eigenvalue weighted by Gasteiger charge is 2.15. The van der Waals surface area contributed by atoms with Crippen LogP contribution in [-0.2, 0) is 6.61 Å². The first-order valence-corrected chi connectivity index (χ1v) is 9.51. The highest BCUT2D eigenvalue weighted by atomic mass is 19.1. The minimum absolute atomic E-state index is 0.0312. The van der Waals surface area contributed by atoms with E-state index in [1.54, 1.807) is 30.3 Å². The normalized spacial score (nSPS) is 11.6. The van der Waals surface area contributed by atoms with E-state index in [0.717, 1.165) is 6.42 Å². The third-order valence-corrected chi connectivity index (χ3v) is 4.39. The fourth-order valence-corrected chi connectivity index (χ4v) is 2.52. The van der Waals surface area contributed by atoms with Crippen molar-refractivity contribution < 1.29 is 23.2 Å². The van der Waals surface area contributed by atoms with Crippen LogP contribution in [0, 0.1) is 5.82 Å². The van der Waals surface area contributed by atoms with Gasteiger partial charge < -0.3 is 19.9 Å². The van der Waals surface area contributed by atoms with Crippen molar-refractivity contribution in [3.8, 4) is 5.75 Å². The fourth-order valence-electron chi connectivity index (χ4n) is 2.52. The number of ether oxygens (including phenoxy) is 1. The van der Waals surface area contributed by atoms with Crippen molar-refractivity contribution in [2.75, 3.05) is 5.32 Å². The van der Waals surface area contributed by atoms with E-state index in [1.165, 1.54) is 24.3 Å². The van der Waals surface area contributed by atoms with Crippen LogP contribution >= 0.6 is 0 Å². The molecule has 3 aromatic rings. The molecular formula is C22H22FN3O4. The van der Waals surface area contributed by atoms with Gasteiger partial charge in [-0.1, -0.05) is 24.2 Å². The average molecular weight is 411 g/mol. The van der Waals surface area contributed by atoms with Crippen molar-refractivity contribution in [3.05, 3.63) is 77.4 Å². The van der Waals surface area contributed by atoms with Crippen LogP contribution in [0.5, 0.6) is 5.75 Å². The summed E-state index contributed by atoms with van der Waals surface area (Å²) in [4.78, 5) is 24.2. The molecule has 7 nitrogen and oxygen atoms in total. The first-order chi connectivity index (χ1) is 14.5. The number of nitrogens with zero attached hydrogens (tertiary/aromatic N) is 1. The zero-order chi connectivity index (χ0) is 21.5. The van der Waals surface area contributed by atoms with E-state index >= 15 is 0 Å². The topological polar surface area (TPSA) is 93.5 Å². The molecule has 0 aliphatic rings. The second-order valence-corrected chi connectivity index (χ2v) is 6.71. The molecule has 0 saturated heterocycles. The predicted molar refractivity (Wildman–Crippen MR) is 109 cm³/mol. The molecule has 1 atom stereocenters. The third-order valence-electron chi connectivity index (χ3n) is 4.39. The third kappa shape index (κ3) is 5.44. The van der Waals surface area contributed by atoms with Crippen LogP contribution in [0.25, 0.3) is 0 Å². The highest BCUT2D eigenvalue weighted by molar-refractivity contribution is 6.04. The molecule has 0 bridgehead atoms. The molecule has 156 valence electrons. The van der Waals surface area contributed by atoms with Crippen LogP contribution < -0.4 is 15.4 Å². The Hall–Kier alpha value is -3.68. The molecule has 2 N–H and O–H groups in total. The zero-order valence-electron chi connectivity index (χ0n) is 16.6. The van der Waals surface area contributed by atoms with Crippen molar-refractivity contribution in [2.45, 2.75) is 32.9 Å². The van der Waals surface area contributed by atoms with Gasteiger partial charge in [0.15, 0.2) is 11.5 Å². The average Bonchev–Trinajstić information content (AvgIpc) is 3.22. The second kappa shape index (κ2) is 9.69. The smallest absolute Gasteiger partial charge is 0.273 e. The fraction of sp³-hybridized carbons (Fsp3) is 0.227. The number of hydrogen-bond acceptors (Lipinski definition) is 5. The first kappa shape index (κ1) is 21.0. The van der Waals surface area contributed by atoms with Crippen LogP contribution in [0.4, 0.5) is 10.1 Å². The van der Waals surface area contributed by atoms with E-state index in [4.69, 9.17) is 9.26 Å². The van der Waals surface area contributed by atoms with Crippen LogP contribution in [0.15, 0.2) is 59.1 Å². The van der Waals surface area contributed by atoms with E-state index < -0.39 is 11.7 Å². The molecule has 0 aliphatic heterocycles. The summed E-state index contributed by atoms with van der Waals surface area (Å²) in [5, 5.41) is 9.19. The van der Waals surface area contributed by atoms with Crippen LogP contribution in [0.2, 0.25) is 0 Å². The van der Waals surface area contributed by atoms with Gasteiger partial charge >= 0.3 is 0 Å². The Morgan fingerprint density at radius 3 is 2.57 bits per heavy atom. The summed E-state index contributed by atoms with van der Waals surface area (Å²) in [5.41, 5.74) is 0.663. The van der Waals surface area contributed by atoms with Crippen molar-refractivity contribution >= 4 is 17.5 Å². The number of aromatic nitrogens is 1. The van der Waals surface area contributed by atoms with Gasteiger partial charge in [-0.15, -0.1) is 0 Å². The quantitative estimate of drug-likeness (QED) is 0.580. The van der Waals surface area contributed by atoms with Gasteiger partial charge in [0.2, 0.25) is 0 Å². The predicted octanol–water partition coefficient (Wildman–Crippen LogP) is 4.17. The first-order valence-electron chi connectivity index (χ1n) is 9.51. The van der Waals surface area contributed by atoms with Gasteiger partial charge in [0.05, 0.1) is 5.56 Å². The number of anilines is 1. The lowest BCUT2D eigenvalue weighted by Crippen LogP contribution is -2.32. The maximum absolute atomic E-state index is 13.7. The summed E-state index contributed by atoms with van der Waals surface area (Å²) >= 11 is 0. The summed E-state index contributed by atoms with van der Waals surface area (Å²) in [6.45, 7) is 3.97. The summed E-state index contributed by atoms with van der Waals surface area (Å²) in [6, 6.07) is 13.9. The lowest BCUT2D eigenvalue weighted by atomic mass is 10.2. The number of benzene rings is 2. The lowest BCUT2D eigenvalue weighted by Gasteiger charge is -2.08. The Bertz CT molecular complexity index is 1020.